The van der Waals surface area contributed by atoms with Crippen molar-refractivity contribution in [1.29, 1.82) is 0 Å². The van der Waals surface area contributed by atoms with Crippen LogP contribution in [0.4, 0.5) is 31.0 Å². The molecule has 344 valence electrons. The lowest BCUT2D eigenvalue weighted by molar-refractivity contribution is -0.387. The molecule has 4 amide bonds. The minimum atomic E-state index is -1.98. The van der Waals surface area contributed by atoms with Gasteiger partial charge in [-0.3, -0.25) is 20.0 Å². The van der Waals surface area contributed by atoms with Crippen LogP contribution in [-0.4, -0.2) is 179 Å². The first kappa shape index (κ1) is 45.5. The molecular formula is C38H47N11O14S. The summed E-state index contributed by atoms with van der Waals surface area (Å²) < 4.78 is 26.2. The standard InChI is InChI=1S/C38H47N11O14S/c1-44(9-5-10-45(2)38(57)61-17-19-6-7-25(24(12-19)49(58)59)62-33-28(52)26(50)27(51)29(63-33)32(53)54)37(56)48-11-8-23-30(39-18-40-31(23)48)46(3)22-13-20-15-47(16-21(20)14-22)36(55)42-35-41-34(60-4)43-64-35/h6-8,11-12,18,20-22,26-29,33,50-52H,5,9-10,13-17H2,1-4H3,(H,53,54)(H,41,42,43,55)/t20-,21+,22?,26-,27-,28+,29-,33+/m0/s1. The zero-order chi connectivity index (χ0) is 46.0. The Labute approximate surface area is 368 Å². The molecule has 2 aliphatic heterocycles. The predicted molar refractivity (Wildman–Crippen MR) is 222 cm³/mol. The van der Waals surface area contributed by atoms with E-state index in [1.807, 2.05) is 7.05 Å². The molecule has 7 rings (SSSR count). The number of hydrogen-bond acceptors (Lipinski definition) is 19. The zero-order valence-corrected chi connectivity index (χ0v) is 35.8. The first-order chi connectivity index (χ1) is 30.5. The van der Waals surface area contributed by atoms with Crippen LogP contribution >= 0.6 is 11.5 Å². The number of nitrogens with zero attached hydrogens (tertiary/aromatic N) is 10. The second-order valence-electron chi connectivity index (χ2n) is 15.7. The average molecular weight is 914 g/mol. The highest BCUT2D eigenvalue weighted by Gasteiger charge is 2.49. The number of ether oxygens (including phenoxy) is 4. The van der Waals surface area contributed by atoms with Crippen molar-refractivity contribution in [1.82, 2.24) is 38.6 Å². The van der Waals surface area contributed by atoms with Gasteiger partial charge in [-0.2, -0.15) is 4.98 Å². The second-order valence-corrected chi connectivity index (χ2v) is 16.5. The lowest BCUT2D eigenvalue weighted by Gasteiger charge is -2.38. The molecule has 1 aromatic carbocycles. The number of carboxylic acid groups (broad SMARTS) is 1. The van der Waals surface area contributed by atoms with Crippen molar-refractivity contribution in [3.8, 4) is 11.8 Å². The Morgan fingerprint density at radius 3 is 2.41 bits per heavy atom. The van der Waals surface area contributed by atoms with Crippen molar-refractivity contribution in [3.63, 3.8) is 0 Å². The van der Waals surface area contributed by atoms with Crippen LogP contribution in [0.1, 0.15) is 24.8 Å². The van der Waals surface area contributed by atoms with Crippen LogP contribution in [-0.2, 0) is 20.9 Å². The fourth-order valence-corrected chi connectivity index (χ4v) is 8.68. The zero-order valence-electron chi connectivity index (χ0n) is 35.0. The highest BCUT2D eigenvalue weighted by molar-refractivity contribution is 7.10. The van der Waals surface area contributed by atoms with Gasteiger partial charge in [-0.15, -0.1) is 4.37 Å². The summed E-state index contributed by atoms with van der Waals surface area (Å²) in [6, 6.07) is 5.12. The van der Waals surface area contributed by atoms with Crippen LogP contribution in [0.2, 0.25) is 0 Å². The Balaban J connectivity index is 0.874. The van der Waals surface area contributed by atoms with E-state index in [0.29, 0.717) is 53.3 Å². The Bertz CT molecular complexity index is 2370. The van der Waals surface area contributed by atoms with Gasteiger partial charge in [-0.25, -0.2) is 29.1 Å². The van der Waals surface area contributed by atoms with Gasteiger partial charge in [0.15, 0.2) is 17.5 Å². The molecule has 5 heterocycles. The summed E-state index contributed by atoms with van der Waals surface area (Å²) in [6.07, 6.45) is -5.32. The number of carbonyl (C=O) groups is 4. The largest absolute Gasteiger partial charge is 0.479 e. The number of hydrogen-bond donors (Lipinski definition) is 5. The number of nitro benzene ring substituents is 1. The molecular weight excluding hydrogens is 867 g/mol. The average Bonchev–Trinajstić information content (AvgIpc) is 4.09. The number of aromatic nitrogens is 5. The molecule has 2 saturated heterocycles. The number of aliphatic hydroxyl groups is 3. The highest BCUT2D eigenvalue weighted by atomic mass is 32.1. The molecule has 1 unspecified atom stereocenters. The third kappa shape index (κ3) is 9.54. The molecule has 4 aromatic rings. The van der Waals surface area contributed by atoms with Crippen LogP contribution in [0.15, 0.2) is 36.8 Å². The Morgan fingerprint density at radius 2 is 1.73 bits per heavy atom. The third-order valence-electron chi connectivity index (χ3n) is 11.6. The van der Waals surface area contributed by atoms with E-state index >= 15 is 0 Å². The lowest BCUT2D eigenvalue weighted by atomic mass is 9.99. The maximum absolute atomic E-state index is 13.6. The number of fused-ring (bicyclic) bond motifs is 2. The van der Waals surface area contributed by atoms with Crippen molar-refractivity contribution in [3.05, 3.63) is 52.5 Å². The fourth-order valence-electron chi connectivity index (χ4n) is 8.15. The molecule has 3 aliphatic rings. The quantitative estimate of drug-likeness (QED) is 0.0882. The number of carbonyl (C=O) groups excluding carboxylic acids is 3. The number of rotatable bonds is 14. The number of benzene rings is 1. The first-order valence-electron chi connectivity index (χ1n) is 20.0. The summed E-state index contributed by atoms with van der Waals surface area (Å²) in [5.74, 6) is -0.777. The normalized spacial score (nSPS) is 23.9. The number of methoxy groups -OCH3 is 1. The van der Waals surface area contributed by atoms with Gasteiger partial charge in [-0.05, 0) is 48.8 Å². The maximum atomic E-state index is 13.6. The van der Waals surface area contributed by atoms with Crippen LogP contribution in [0.5, 0.6) is 11.8 Å². The monoisotopic (exact) mass is 913 g/mol. The number of anilines is 2. The van der Waals surface area contributed by atoms with Gasteiger partial charge in [0.1, 0.15) is 37.1 Å². The van der Waals surface area contributed by atoms with Crippen molar-refractivity contribution in [2.75, 3.05) is 64.6 Å². The number of nitro groups is 1. The Morgan fingerprint density at radius 1 is 1.02 bits per heavy atom. The smallest absolute Gasteiger partial charge is 0.409 e. The molecule has 1 aliphatic carbocycles. The number of aliphatic carboxylic acids is 1. The van der Waals surface area contributed by atoms with Crippen LogP contribution < -0.4 is 19.7 Å². The van der Waals surface area contributed by atoms with E-state index in [2.05, 4.69) is 29.5 Å². The van der Waals surface area contributed by atoms with Crippen molar-refractivity contribution in [2.45, 2.75) is 62.6 Å². The Kier molecular flexibility index (Phi) is 13.6. The minimum absolute atomic E-state index is 0.165. The topological polar surface area (TPSA) is 311 Å². The summed E-state index contributed by atoms with van der Waals surface area (Å²) in [4.78, 5) is 81.6. The molecule has 3 aromatic heterocycles. The molecule has 0 spiro atoms. The van der Waals surface area contributed by atoms with Gasteiger partial charge in [0, 0.05) is 77.2 Å². The molecule has 5 N–H and O–H groups in total. The number of amides is 4. The van der Waals surface area contributed by atoms with Gasteiger partial charge in [0.05, 0.1) is 17.4 Å². The highest BCUT2D eigenvalue weighted by Crippen LogP contribution is 2.42. The van der Waals surface area contributed by atoms with Crippen LogP contribution in [0, 0.1) is 22.0 Å². The van der Waals surface area contributed by atoms with Crippen molar-refractivity contribution >= 4 is 63.3 Å². The minimum Gasteiger partial charge on any atom is -0.479 e. The van der Waals surface area contributed by atoms with E-state index in [1.54, 1.807) is 24.2 Å². The molecule has 8 atom stereocenters. The number of nitrogens with one attached hydrogen (secondary N) is 1. The van der Waals surface area contributed by atoms with Crippen LogP contribution in [0.25, 0.3) is 11.0 Å². The van der Waals surface area contributed by atoms with Gasteiger partial charge in [0.25, 0.3) is 0 Å². The molecule has 1 saturated carbocycles. The third-order valence-corrected chi connectivity index (χ3v) is 12.2. The van der Waals surface area contributed by atoms with E-state index in [4.69, 9.17) is 18.9 Å². The molecule has 0 bridgehead atoms. The van der Waals surface area contributed by atoms with Gasteiger partial charge >= 0.3 is 35.8 Å². The van der Waals surface area contributed by atoms with Gasteiger partial charge in [-0.1, -0.05) is 6.07 Å². The Hall–Kier alpha value is -6.48. The number of urea groups is 1. The van der Waals surface area contributed by atoms with E-state index in [0.717, 1.165) is 36.5 Å². The second kappa shape index (κ2) is 19.1. The summed E-state index contributed by atoms with van der Waals surface area (Å²) in [5.41, 5.74) is -0.00251. The molecule has 64 heavy (non-hydrogen) atoms. The van der Waals surface area contributed by atoms with Crippen molar-refractivity contribution < 1.29 is 63.5 Å². The predicted octanol–water partition coefficient (Wildman–Crippen LogP) is 1.41. The lowest BCUT2D eigenvalue weighted by Crippen LogP contribution is -2.61. The summed E-state index contributed by atoms with van der Waals surface area (Å²) in [7, 11) is 6.56. The first-order valence-corrected chi connectivity index (χ1v) is 20.8. The number of carboxylic acids is 1. The number of likely N-dealkylation sites (tertiary alicyclic amines) is 1. The molecule has 3 fully saturated rings. The van der Waals surface area contributed by atoms with E-state index in [-0.39, 0.29) is 49.4 Å². The maximum Gasteiger partial charge on any atom is 0.409 e. The molecule has 0 radical (unpaired) electrons. The molecule has 26 heteroatoms. The summed E-state index contributed by atoms with van der Waals surface area (Å²) >= 11 is 1.06. The van der Waals surface area contributed by atoms with E-state index in [1.165, 1.54) is 40.9 Å². The van der Waals surface area contributed by atoms with Gasteiger partial charge < -0.3 is 59.0 Å². The SMILES string of the molecule is COc1nsc(NC(=O)N2C[C@H]3CC(N(C)c4ncnc5c4ccn5C(=O)N(C)CCCN(C)C(=O)OCc4ccc(O[C@@H]5O[C@H](C(=O)O)[C@@H](O)[C@H](O)[C@H]5O)c([N+](=O)[O-])c4)C[C@H]3C2)n1. The van der Waals surface area contributed by atoms with E-state index < -0.39 is 59.1 Å². The summed E-state index contributed by atoms with van der Waals surface area (Å²) in [5, 5.41) is 55.2. The summed E-state index contributed by atoms with van der Waals surface area (Å²) in [6.45, 7) is 1.32. The van der Waals surface area contributed by atoms with Crippen LogP contribution in [0.3, 0.4) is 0 Å². The fraction of sp³-hybridized carbons (Fsp3) is 0.526. The molecule has 25 nitrogen and oxygen atoms in total. The van der Waals surface area contributed by atoms with Gasteiger partial charge in [0.2, 0.25) is 11.4 Å². The van der Waals surface area contributed by atoms with E-state index in [9.17, 15) is 49.7 Å². The van der Waals surface area contributed by atoms with Crippen molar-refractivity contribution in [2.24, 2.45) is 11.8 Å². The number of aliphatic hydroxyl groups excluding tert-OH is 3.